The van der Waals surface area contributed by atoms with E-state index in [0.717, 1.165) is 12.8 Å². The lowest BCUT2D eigenvalue weighted by Crippen LogP contribution is -2.20. The Balaban J connectivity index is 3.11. The maximum atomic E-state index is 5.96. The quantitative estimate of drug-likeness (QED) is 0.247. The van der Waals surface area contributed by atoms with Crippen molar-refractivity contribution >= 4 is 0 Å². The molecule has 21 heavy (non-hydrogen) atoms. The molecule has 2 N–H and O–H groups in total. The van der Waals surface area contributed by atoms with Gasteiger partial charge < -0.3 is 5.73 Å². The van der Waals surface area contributed by atoms with Crippen LogP contribution in [0.2, 0.25) is 0 Å². The molecule has 0 rings (SSSR count). The summed E-state index contributed by atoms with van der Waals surface area (Å²) < 4.78 is 0. The fourth-order valence-corrected chi connectivity index (χ4v) is 2.84. The molecule has 1 unspecified atom stereocenters. The Bertz CT molecular complexity index is 222. The van der Waals surface area contributed by atoms with Crippen molar-refractivity contribution in [2.24, 2.45) is 5.73 Å². The molecule has 1 atom stereocenters. The van der Waals surface area contributed by atoms with Gasteiger partial charge in [-0.25, -0.2) is 0 Å². The van der Waals surface area contributed by atoms with E-state index in [0.29, 0.717) is 0 Å². The van der Waals surface area contributed by atoms with Gasteiger partial charge in [-0.05, 0) is 19.3 Å². The molecule has 0 aliphatic heterocycles. The largest absolute Gasteiger partial charge is 0.324 e. The summed E-state index contributed by atoms with van der Waals surface area (Å²) in [5.74, 6) is 0. The maximum absolute atomic E-state index is 5.96. The predicted molar refractivity (Wildman–Crippen MR) is 97.7 cm³/mol. The first-order valence-corrected chi connectivity index (χ1v) is 9.65. The van der Waals surface area contributed by atoms with Crippen LogP contribution in [0.1, 0.15) is 110 Å². The third-order valence-corrected chi connectivity index (χ3v) is 4.57. The smallest absolute Gasteiger partial charge is 0.0248 e. The van der Waals surface area contributed by atoms with Crippen molar-refractivity contribution in [3.8, 4) is 0 Å². The van der Waals surface area contributed by atoms with Gasteiger partial charge in [0.15, 0.2) is 0 Å². The Labute approximate surface area is 134 Å². The van der Waals surface area contributed by atoms with Crippen LogP contribution in [-0.2, 0) is 0 Å². The van der Waals surface area contributed by atoms with Crippen molar-refractivity contribution in [1.29, 1.82) is 0 Å². The molecule has 0 aliphatic carbocycles. The lowest BCUT2D eigenvalue weighted by molar-refractivity contribution is 0.537. The van der Waals surface area contributed by atoms with Crippen LogP contribution in [0.5, 0.6) is 0 Å². The zero-order valence-corrected chi connectivity index (χ0v) is 15.0. The van der Waals surface area contributed by atoms with Gasteiger partial charge >= 0.3 is 0 Å². The molecule has 0 saturated carbocycles. The first-order chi connectivity index (χ1) is 10.2. The monoisotopic (exact) mass is 295 g/mol. The van der Waals surface area contributed by atoms with E-state index in [2.05, 4.69) is 20.4 Å². The molecule has 0 heterocycles. The van der Waals surface area contributed by atoms with Crippen molar-refractivity contribution in [2.45, 2.75) is 116 Å². The van der Waals surface area contributed by atoms with E-state index in [4.69, 9.17) is 5.73 Å². The molecular weight excluding hydrogens is 254 g/mol. The van der Waals surface area contributed by atoms with Crippen LogP contribution in [0.4, 0.5) is 0 Å². The molecule has 0 saturated heterocycles. The molecule has 0 amide bonds. The van der Waals surface area contributed by atoms with Gasteiger partial charge in [-0.15, -0.1) is 0 Å². The minimum Gasteiger partial charge on any atom is -0.324 e. The van der Waals surface area contributed by atoms with Crippen molar-refractivity contribution in [1.82, 2.24) is 0 Å². The number of nitrogens with two attached hydrogens (primary N) is 1. The highest BCUT2D eigenvalue weighted by atomic mass is 14.6. The molecule has 126 valence electrons. The maximum Gasteiger partial charge on any atom is 0.0248 e. The van der Waals surface area contributed by atoms with Crippen LogP contribution in [0.25, 0.3) is 0 Å². The second kappa shape index (κ2) is 16.1. The summed E-state index contributed by atoms with van der Waals surface area (Å²) in [7, 11) is 0. The van der Waals surface area contributed by atoms with Crippen molar-refractivity contribution in [3.63, 3.8) is 0 Å². The van der Waals surface area contributed by atoms with E-state index >= 15 is 0 Å². The minimum atomic E-state index is 0.224. The standard InChI is InChI=1S/C20H41N/c1-4-6-7-8-9-10-11-12-13-14-15-16-17-18-19(3)20(21)5-2/h20H,3-18,21H2,1-2H3. The molecule has 1 heteroatoms. The van der Waals surface area contributed by atoms with Crippen LogP contribution in [0.15, 0.2) is 12.2 Å². The highest BCUT2D eigenvalue weighted by Gasteiger charge is 2.03. The van der Waals surface area contributed by atoms with Gasteiger partial charge in [0.1, 0.15) is 0 Å². The lowest BCUT2D eigenvalue weighted by Gasteiger charge is -2.12. The van der Waals surface area contributed by atoms with Gasteiger partial charge in [-0.2, -0.15) is 0 Å². The SMILES string of the molecule is C=C(CCCCCCCCCCCCCCC)C(N)CC. The lowest BCUT2D eigenvalue weighted by atomic mass is 9.99. The first kappa shape index (κ1) is 20.7. The van der Waals surface area contributed by atoms with E-state index < -0.39 is 0 Å². The normalized spacial score (nSPS) is 12.5. The van der Waals surface area contributed by atoms with Gasteiger partial charge in [-0.3, -0.25) is 0 Å². The number of rotatable bonds is 16. The molecule has 0 bridgehead atoms. The predicted octanol–water partition coefficient (Wildman–Crippen LogP) is 6.76. The van der Waals surface area contributed by atoms with Crippen LogP contribution in [-0.4, -0.2) is 6.04 Å². The highest BCUT2D eigenvalue weighted by Crippen LogP contribution is 2.15. The molecule has 1 nitrogen and oxygen atoms in total. The Morgan fingerprint density at radius 2 is 1.10 bits per heavy atom. The number of hydrogen-bond donors (Lipinski definition) is 1. The van der Waals surface area contributed by atoms with E-state index in [1.807, 2.05) is 0 Å². The fourth-order valence-electron chi connectivity index (χ4n) is 2.84. The zero-order chi connectivity index (χ0) is 15.8. The molecule has 0 aromatic rings. The van der Waals surface area contributed by atoms with E-state index in [-0.39, 0.29) is 6.04 Å². The summed E-state index contributed by atoms with van der Waals surface area (Å²) in [6, 6.07) is 0.224. The highest BCUT2D eigenvalue weighted by molar-refractivity contribution is 5.03. The van der Waals surface area contributed by atoms with Crippen molar-refractivity contribution in [3.05, 3.63) is 12.2 Å². The third-order valence-electron chi connectivity index (χ3n) is 4.57. The number of unbranched alkanes of at least 4 members (excludes halogenated alkanes) is 12. The van der Waals surface area contributed by atoms with Crippen LogP contribution in [0.3, 0.4) is 0 Å². The Morgan fingerprint density at radius 1 is 0.714 bits per heavy atom. The van der Waals surface area contributed by atoms with Crippen LogP contribution < -0.4 is 5.73 Å². The third kappa shape index (κ3) is 14.4. The average Bonchev–Trinajstić information content (AvgIpc) is 2.50. The number of hydrogen-bond acceptors (Lipinski definition) is 1. The van der Waals surface area contributed by atoms with Gasteiger partial charge in [-0.1, -0.05) is 103 Å². The van der Waals surface area contributed by atoms with Crippen LogP contribution >= 0.6 is 0 Å². The summed E-state index contributed by atoms with van der Waals surface area (Å²) in [6.07, 6.45) is 20.5. The van der Waals surface area contributed by atoms with Crippen molar-refractivity contribution < 1.29 is 0 Å². The Kier molecular flexibility index (Phi) is 15.8. The van der Waals surface area contributed by atoms with Gasteiger partial charge in [0.05, 0.1) is 0 Å². The van der Waals surface area contributed by atoms with E-state index in [9.17, 15) is 0 Å². The second-order valence-electron chi connectivity index (χ2n) is 6.67. The Morgan fingerprint density at radius 3 is 1.48 bits per heavy atom. The molecule has 0 aliphatic rings. The first-order valence-electron chi connectivity index (χ1n) is 9.65. The van der Waals surface area contributed by atoms with E-state index in [1.165, 1.54) is 89.0 Å². The molecule has 0 aromatic carbocycles. The molecule has 0 fully saturated rings. The summed E-state index contributed by atoms with van der Waals surface area (Å²) in [5.41, 5.74) is 7.21. The van der Waals surface area contributed by atoms with Gasteiger partial charge in [0, 0.05) is 6.04 Å². The molecule has 0 radical (unpaired) electrons. The van der Waals surface area contributed by atoms with Crippen LogP contribution in [0, 0.1) is 0 Å². The average molecular weight is 296 g/mol. The Hall–Kier alpha value is -0.300. The summed E-state index contributed by atoms with van der Waals surface area (Å²) >= 11 is 0. The van der Waals surface area contributed by atoms with E-state index in [1.54, 1.807) is 0 Å². The summed E-state index contributed by atoms with van der Waals surface area (Å²) in [5, 5.41) is 0. The van der Waals surface area contributed by atoms with Gasteiger partial charge in [0.2, 0.25) is 0 Å². The minimum absolute atomic E-state index is 0.224. The zero-order valence-electron chi connectivity index (χ0n) is 15.0. The summed E-state index contributed by atoms with van der Waals surface area (Å²) in [6.45, 7) is 8.52. The molecular formula is C20H41N. The fraction of sp³-hybridized carbons (Fsp3) is 0.900. The molecule has 0 aromatic heterocycles. The topological polar surface area (TPSA) is 26.0 Å². The van der Waals surface area contributed by atoms with Gasteiger partial charge in [0.25, 0.3) is 0 Å². The second-order valence-corrected chi connectivity index (χ2v) is 6.67. The van der Waals surface area contributed by atoms with Crippen molar-refractivity contribution in [2.75, 3.05) is 0 Å². The summed E-state index contributed by atoms with van der Waals surface area (Å²) in [4.78, 5) is 0. The molecule has 0 spiro atoms.